The van der Waals surface area contributed by atoms with Crippen LogP contribution in [0.2, 0.25) is 0 Å². The van der Waals surface area contributed by atoms with Gasteiger partial charge in [-0.25, -0.2) is 0 Å². The Morgan fingerprint density at radius 3 is 2.60 bits per heavy atom. The van der Waals surface area contributed by atoms with Crippen LogP contribution in [0.3, 0.4) is 0 Å². The van der Waals surface area contributed by atoms with Crippen LogP contribution in [0.4, 0.5) is 0 Å². The first-order valence-corrected chi connectivity index (χ1v) is 5.74. The second-order valence-electron chi connectivity index (χ2n) is 4.39. The Kier molecular flexibility index (Phi) is 3.14. The van der Waals surface area contributed by atoms with Gasteiger partial charge in [-0.05, 0) is 31.9 Å². The van der Waals surface area contributed by atoms with E-state index in [0.717, 1.165) is 24.1 Å². The van der Waals surface area contributed by atoms with Gasteiger partial charge in [-0.2, -0.15) is 0 Å². The van der Waals surface area contributed by atoms with Gasteiger partial charge in [0, 0.05) is 23.4 Å². The van der Waals surface area contributed by atoms with E-state index in [1.54, 1.807) is 6.20 Å². The average Bonchev–Trinajstić information content (AvgIpc) is 2.30. The van der Waals surface area contributed by atoms with Crippen LogP contribution in [-0.2, 0) is 0 Å². The Morgan fingerprint density at radius 1 is 1.27 bits per heavy atom. The summed E-state index contributed by atoms with van der Waals surface area (Å²) in [6, 6.07) is 3.81. The SMILES string of the molecule is Cc1ccc(C(=O)C2CCCCC2)cn1. The minimum absolute atomic E-state index is 0.253. The lowest BCUT2D eigenvalue weighted by atomic mass is 9.84. The third kappa shape index (κ3) is 2.44. The number of ketones is 1. The van der Waals surface area contributed by atoms with Gasteiger partial charge in [-0.3, -0.25) is 9.78 Å². The van der Waals surface area contributed by atoms with Crippen LogP contribution in [0, 0.1) is 12.8 Å². The minimum atomic E-state index is 0.253. The van der Waals surface area contributed by atoms with Crippen molar-refractivity contribution in [2.24, 2.45) is 5.92 Å². The molecule has 0 radical (unpaired) electrons. The van der Waals surface area contributed by atoms with Gasteiger partial charge in [0.25, 0.3) is 0 Å². The van der Waals surface area contributed by atoms with Gasteiger partial charge < -0.3 is 0 Å². The Labute approximate surface area is 90.7 Å². The van der Waals surface area contributed by atoms with E-state index in [1.165, 1.54) is 19.3 Å². The van der Waals surface area contributed by atoms with E-state index in [-0.39, 0.29) is 5.92 Å². The van der Waals surface area contributed by atoms with Crippen molar-refractivity contribution in [3.63, 3.8) is 0 Å². The molecular weight excluding hydrogens is 186 g/mol. The summed E-state index contributed by atoms with van der Waals surface area (Å²) in [6.07, 6.45) is 7.53. The van der Waals surface area contributed by atoms with Crippen molar-refractivity contribution in [2.45, 2.75) is 39.0 Å². The summed E-state index contributed by atoms with van der Waals surface area (Å²) in [4.78, 5) is 16.2. The molecule has 1 heterocycles. The highest BCUT2D eigenvalue weighted by Gasteiger charge is 2.22. The molecule has 15 heavy (non-hydrogen) atoms. The second kappa shape index (κ2) is 4.56. The first kappa shape index (κ1) is 10.3. The summed E-state index contributed by atoms with van der Waals surface area (Å²) in [5.74, 6) is 0.547. The highest BCUT2D eigenvalue weighted by molar-refractivity contribution is 5.97. The summed E-state index contributed by atoms with van der Waals surface area (Å²) in [6.45, 7) is 1.94. The third-order valence-electron chi connectivity index (χ3n) is 3.17. The van der Waals surface area contributed by atoms with E-state index in [2.05, 4.69) is 4.98 Å². The summed E-state index contributed by atoms with van der Waals surface area (Å²) < 4.78 is 0. The molecule has 0 aliphatic heterocycles. The number of Topliss-reactive ketones (excluding diaryl/α,β-unsaturated/α-hetero) is 1. The fraction of sp³-hybridized carbons (Fsp3) is 0.538. The van der Waals surface area contributed by atoms with Crippen LogP contribution in [0.5, 0.6) is 0 Å². The molecule has 1 fully saturated rings. The Bertz CT molecular complexity index is 336. The number of rotatable bonds is 2. The maximum Gasteiger partial charge on any atom is 0.167 e. The van der Waals surface area contributed by atoms with E-state index in [9.17, 15) is 4.79 Å². The topological polar surface area (TPSA) is 30.0 Å². The molecule has 2 heteroatoms. The number of carbonyl (C=O) groups is 1. The number of hydrogen-bond acceptors (Lipinski definition) is 2. The molecule has 0 aromatic carbocycles. The minimum Gasteiger partial charge on any atom is -0.294 e. The first-order chi connectivity index (χ1) is 7.27. The van der Waals surface area contributed by atoms with Crippen molar-refractivity contribution < 1.29 is 4.79 Å². The lowest BCUT2D eigenvalue weighted by molar-refractivity contribution is 0.0889. The molecular formula is C13H17NO. The molecule has 1 aliphatic carbocycles. The van der Waals surface area contributed by atoms with Gasteiger partial charge in [0.2, 0.25) is 0 Å². The van der Waals surface area contributed by atoms with E-state index >= 15 is 0 Å². The summed E-state index contributed by atoms with van der Waals surface area (Å²) in [5, 5.41) is 0. The predicted octanol–water partition coefficient (Wildman–Crippen LogP) is 3.15. The summed E-state index contributed by atoms with van der Waals surface area (Å²) in [7, 11) is 0. The lowest BCUT2D eigenvalue weighted by Crippen LogP contribution is -2.17. The monoisotopic (exact) mass is 203 g/mol. The van der Waals surface area contributed by atoms with Gasteiger partial charge in [0.1, 0.15) is 0 Å². The standard InChI is InChI=1S/C13H17NO/c1-10-7-8-12(9-14-10)13(15)11-5-3-2-4-6-11/h7-9,11H,2-6H2,1H3. The quantitative estimate of drug-likeness (QED) is 0.691. The van der Waals surface area contributed by atoms with E-state index in [1.807, 2.05) is 19.1 Å². The number of aromatic nitrogens is 1. The van der Waals surface area contributed by atoms with Crippen molar-refractivity contribution in [1.82, 2.24) is 4.98 Å². The van der Waals surface area contributed by atoms with E-state index in [4.69, 9.17) is 0 Å². The van der Waals surface area contributed by atoms with E-state index < -0.39 is 0 Å². The molecule has 0 atom stereocenters. The molecule has 1 aliphatic rings. The molecule has 0 spiro atoms. The third-order valence-corrected chi connectivity index (χ3v) is 3.17. The highest BCUT2D eigenvalue weighted by atomic mass is 16.1. The summed E-state index contributed by atoms with van der Waals surface area (Å²) >= 11 is 0. The maximum atomic E-state index is 12.1. The Balaban J connectivity index is 2.09. The van der Waals surface area contributed by atoms with E-state index in [0.29, 0.717) is 5.78 Å². The molecule has 1 saturated carbocycles. The largest absolute Gasteiger partial charge is 0.294 e. The van der Waals surface area contributed by atoms with Gasteiger partial charge >= 0.3 is 0 Å². The molecule has 1 aromatic rings. The van der Waals surface area contributed by atoms with Crippen LogP contribution >= 0.6 is 0 Å². The Hall–Kier alpha value is -1.18. The van der Waals surface area contributed by atoms with Crippen LogP contribution in [0.1, 0.15) is 48.2 Å². The normalized spacial score (nSPS) is 17.7. The number of hydrogen-bond donors (Lipinski definition) is 0. The predicted molar refractivity (Wildman–Crippen MR) is 59.9 cm³/mol. The van der Waals surface area contributed by atoms with Crippen molar-refractivity contribution in [1.29, 1.82) is 0 Å². The van der Waals surface area contributed by atoms with Crippen molar-refractivity contribution in [3.05, 3.63) is 29.6 Å². The van der Waals surface area contributed by atoms with Crippen LogP contribution < -0.4 is 0 Å². The van der Waals surface area contributed by atoms with Gasteiger partial charge in [0.15, 0.2) is 5.78 Å². The lowest BCUT2D eigenvalue weighted by Gasteiger charge is -2.20. The smallest absolute Gasteiger partial charge is 0.167 e. The zero-order chi connectivity index (χ0) is 10.7. The molecule has 1 aromatic heterocycles. The zero-order valence-corrected chi connectivity index (χ0v) is 9.20. The van der Waals surface area contributed by atoms with Gasteiger partial charge in [-0.15, -0.1) is 0 Å². The first-order valence-electron chi connectivity index (χ1n) is 5.74. The molecule has 0 unspecified atom stereocenters. The number of aryl methyl sites for hydroxylation is 1. The van der Waals surface area contributed by atoms with Crippen LogP contribution in [0.25, 0.3) is 0 Å². The zero-order valence-electron chi connectivity index (χ0n) is 9.20. The molecule has 0 N–H and O–H groups in total. The van der Waals surface area contributed by atoms with Gasteiger partial charge in [-0.1, -0.05) is 19.3 Å². The number of nitrogens with zero attached hydrogens (tertiary/aromatic N) is 1. The highest BCUT2D eigenvalue weighted by Crippen LogP contribution is 2.26. The van der Waals surface area contributed by atoms with Crippen molar-refractivity contribution >= 4 is 5.78 Å². The molecule has 80 valence electrons. The molecule has 0 saturated heterocycles. The second-order valence-corrected chi connectivity index (χ2v) is 4.39. The molecule has 2 rings (SSSR count). The fourth-order valence-corrected chi connectivity index (χ4v) is 2.21. The molecule has 2 nitrogen and oxygen atoms in total. The van der Waals surface area contributed by atoms with Crippen LogP contribution in [-0.4, -0.2) is 10.8 Å². The van der Waals surface area contributed by atoms with Crippen molar-refractivity contribution in [2.75, 3.05) is 0 Å². The fourth-order valence-electron chi connectivity index (χ4n) is 2.21. The number of carbonyl (C=O) groups excluding carboxylic acids is 1. The average molecular weight is 203 g/mol. The molecule has 0 amide bonds. The Morgan fingerprint density at radius 2 is 2.00 bits per heavy atom. The summed E-state index contributed by atoms with van der Waals surface area (Å²) in [5.41, 5.74) is 1.75. The molecule has 0 bridgehead atoms. The maximum absolute atomic E-state index is 12.1. The van der Waals surface area contributed by atoms with Crippen molar-refractivity contribution in [3.8, 4) is 0 Å². The number of pyridine rings is 1. The van der Waals surface area contributed by atoms with Gasteiger partial charge in [0.05, 0.1) is 0 Å². The van der Waals surface area contributed by atoms with Crippen LogP contribution in [0.15, 0.2) is 18.3 Å².